The van der Waals surface area contributed by atoms with Gasteiger partial charge in [0.15, 0.2) is 0 Å². The normalized spacial score (nSPS) is 26.6. The summed E-state index contributed by atoms with van der Waals surface area (Å²) in [5, 5.41) is 8.91. The van der Waals surface area contributed by atoms with Crippen LogP contribution in [0.1, 0.15) is 12.8 Å². The van der Waals surface area contributed by atoms with Crippen molar-refractivity contribution < 1.29 is 9.53 Å². The maximum Gasteiger partial charge on any atom is 0.227 e. The molecule has 0 aromatic rings. The topological polar surface area (TPSA) is 53.3 Å². The Labute approximate surface area is 89.1 Å². The Morgan fingerprint density at radius 2 is 2.20 bits per heavy atom. The van der Waals surface area contributed by atoms with Crippen LogP contribution in [0.5, 0.6) is 0 Å². The van der Waals surface area contributed by atoms with Gasteiger partial charge >= 0.3 is 0 Å². The van der Waals surface area contributed by atoms with Crippen LogP contribution in [-0.2, 0) is 9.53 Å². The van der Waals surface area contributed by atoms with Gasteiger partial charge in [0, 0.05) is 12.5 Å². The number of amides is 1. The first kappa shape index (κ1) is 10.2. The lowest BCUT2D eigenvalue weighted by molar-refractivity contribution is -0.141. The highest BCUT2D eigenvalue weighted by Gasteiger charge is 2.31. The van der Waals surface area contributed by atoms with Gasteiger partial charge in [0.2, 0.25) is 5.91 Å². The molecule has 1 heterocycles. The summed E-state index contributed by atoms with van der Waals surface area (Å²) in [5.74, 6) is 0.161. The van der Waals surface area contributed by atoms with Gasteiger partial charge in [-0.15, -0.1) is 0 Å². The Morgan fingerprint density at radius 3 is 2.87 bits per heavy atom. The van der Waals surface area contributed by atoms with Gasteiger partial charge in [-0.1, -0.05) is 12.2 Å². The van der Waals surface area contributed by atoms with Crippen LogP contribution in [0.4, 0.5) is 0 Å². The third kappa shape index (κ3) is 2.02. The van der Waals surface area contributed by atoms with Gasteiger partial charge in [0.25, 0.3) is 0 Å². The van der Waals surface area contributed by atoms with Crippen LogP contribution in [0.15, 0.2) is 12.2 Å². The van der Waals surface area contributed by atoms with E-state index in [0.717, 1.165) is 12.8 Å². The zero-order valence-corrected chi connectivity index (χ0v) is 8.56. The predicted octanol–water partition coefficient (Wildman–Crippen LogP) is 0.704. The zero-order chi connectivity index (χ0) is 10.7. The van der Waals surface area contributed by atoms with E-state index in [4.69, 9.17) is 10.00 Å². The predicted molar refractivity (Wildman–Crippen MR) is 53.8 cm³/mol. The van der Waals surface area contributed by atoms with Crippen molar-refractivity contribution in [3.8, 4) is 6.07 Å². The Hall–Kier alpha value is -1.34. The third-order valence-corrected chi connectivity index (χ3v) is 2.92. The summed E-state index contributed by atoms with van der Waals surface area (Å²) in [4.78, 5) is 13.7. The van der Waals surface area contributed by atoms with Crippen LogP contribution in [-0.4, -0.2) is 36.6 Å². The first-order chi connectivity index (χ1) is 7.33. The third-order valence-electron chi connectivity index (χ3n) is 2.92. The molecule has 1 aliphatic carbocycles. The minimum absolute atomic E-state index is 0.0546. The van der Waals surface area contributed by atoms with Gasteiger partial charge < -0.3 is 9.64 Å². The zero-order valence-electron chi connectivity index (χ0n) is 8.56. The number of allylic oxidation sites excluding steroid dienone is 2. The highest BCUT2D eigenvalue weighted by Crippen LogP contribution is 2.22. The molecule has 0 bridgehead atoms. The summed E-state index contributed by atoms with van der Waals surface area (Å²) in [6.45, 7) is 1.44. The lowest BCUT2D eigenvalue weighted by Gasteiger charge is -2.33. The largest absolute Gasteiger partial charge is 0.376 e. The number of rotatable bonds is 1. The molecule has 1 aliphatic heterocycles. The minimum Gasteiger partial charge on any atom is -0.376 e. The molecule has 80 valence electrons. The van der Waals surface area contributed by atoms with E-state index in [1.165, 1.54) is 0 Å². The van der Waals surface area contributed by atoms with Crippen molar-refractivity contribution in [2.24, 2.45) is 5.92 Å². The van der Waals surface area contributed by atoms with Gasteiger partial charge in [-0.3, -0.25) is 4.79 Å². The van der Waals surface area contributed by atoms with Crippen molar-refractivity contribution in [2.75, 3.05) is 19.8 Å². The summed E-state index contributed by atoms with van der Waals surface area (Å²) >= 11 is 0. The van der Waals surface area contributed by atoms with Crippen LogP contribution < -0.4 is 0 Å². The lowest BCUT2D eigenvalue weighted by atomic mass is 10.0. The molecule has 1 amide bonds. The van der Waals surface area contributed by atoms with Crippen molar-refractivity contribution in [3.05, 3.63) is 12.2 Å². The molecule has 0 saturated carbocycles. The summed E-state index contributed by atoms with van der Waals surface area (Å²) in [7, 11) is 0. The Balaban J connectivity index is 2.01. The van der Waals surface area contributed by atoms with E-state index in [1.54, 1.807) is 4.90 Å². The summed E-state index contributed by atoms with van der Waals surface area (Å²) < 4.78 is 5.18. The average Bonchev–Trinajstić information content (AvgIpc) is 2.81. The fourth-order valence-electron chi connectivity index (χ4n) is 2.03. The molecule has 4 nitrogen and oxygen atoms in total. The van der Waals surface area contributed by atoms with Gasteiger partial charge in [-0.25, -0.2) is 0 Å². The molecule has 1 fully saturated rings. The molecule has 2 aliphatic rings. The molecule has 0 aromatic carbocycles. The van der Waals surface area contributed by atoms with Crippen molar-refractivity contribution in [3.63, 3.8) is 0 Å². The highest BCUT2D eigenvalue weighted by molar-refractivity contribution is 5.80. The standard InChI is InChI=1S/C11H14N2O2/c12-7-10-8-15-6-5-13(10)11(14)9-3-1-2-4-9/h1-2,9-10H,3-6,8H2. The van der Waals surface area contributed by atoms with E-state index < -0.39 is 6.04 Å². The van der Waals surface area contributed by atoms with Gasteiger partial charge in [0.05, 0.1) is 19.3 Å². The fraction of sp³-hybridized carbons (Fsp3) is 0.636. The first-order valence-corrected chi connectivity index (χ1v) is 5.26. The van der Waals surface area contributed by atoms with Crippen molar-refractivity contribution in [2.45, 2.75) is 18.9 Å². The minimum atomic E-state index is -0.396. The molecule has 1 unspecified atom stereocenters. The number of hydrogen-bond acceptors (Lipinski definition) is 3. The second kappa shape index (κ2) is 4.45. The monoisotopic (exact) mass is 206 g/mol. The molecule has 1 atom stereocenters. The molecule has 0 spiro atoms. The second-order valence-corrected chi connectivity index (χ2v) is 3.89. The van der Waals surface area contributed by atoms with E-state index >= 15 is 0 Å². The van der Waals surface area contributed by atoms with E-state index in [0.29, 0.717) is 19.8 Å². The second-order valence-electron chi connectivity index (χ2n) is 3.89. The SMILES string of the molecule is N#CC1COCCN1C(=O)C1CC=CC1. The quantitative estimate of drug-likeness (QED) is 0.593. The van der Waals surface area contributed by atoms with Crippen LogP contribution in [0, 0.1) is 17.2 Å². The molecule has 0 aromatic heterocycles. The molecule has 15 heavy (non-hydrogen) atoms. The molecular weight excluding hydrogens is 192 g/mol. The Bertz CT molecular complexity index is 311. The Morgan fingerprint density at radius 1 is 1.47 bits per heavy atom. The molecule has 2 rings (SSSR count). The maximum atomic E-state index is 12.0. The smallest absolute Gasteiger partial charge is 0.227 e. The molecule has 0 N–H and O–H groups in total. The number of hydrogen-bond donors (Lipinski definition) is 0. The average molecular weight is 206 g/mol. The van der Waals surface area contributed by atoms with E-state index in [-0.39, 0.29) is 11.8 Å². The van der Waals surface area contributed by atoms with Crippen molar-refractivity contribution in [1.82, 2.24) is 4.90 Å². The van der Waals surface area contributed by atoms with Gasteiger partial charge in [-0.2, -0.15) is 5.26 Å². The number of ether oxygens (including phenoxy) is 1. The first-order valence-electron chi connectivity index (χ1n) is 5.26. The van der Waals surface area contributed by atoms with Gasteiger partial charge in [0.1, 0.15) is 6.04 Å². The summed E-state index contributed by atoms with van der Waals surface area (Å²) in [5.41, 5.74) is 0. The molecule has 0 radical (unpaired) electrons. The van der Waals surface area contributed by atoms with Crippen molar-refractivity contribution in [1.29, 1.82) is 5.26 Å². The summed E-state index contributed by atoms with van der Waals surface area (Å²) in [6, 6.07) is 1.72. The number of carbonyl (C=O) groups is 1. The molecule has 1 saturated heterocycles. The number of carbonyl (C=O) groups excluding carboxylic acids is 1. The molecular formula is C11H14N2O2. The number of nitrogens with zero attached hydrogens (tertiary/aromatic N) is 2. The number of morpholine rings is 1. The van der Waals surface area contributed by atoms with Crippen LogP contribution in [0.25, 0.3) is 0 Å². The maximum absolute atomic E-state index is 12.0. The lowest BCUT2D eigenvalue weighted by Crippen LogP contribution is -2.49. The van der Waals surface area contributed by atoms with Crippen LogP contribution in [0.3, 0.4) is 0 Å². The Kier molecular flexibility index (Phi) is 3.02. The van der Waals surface area contributed by atoms with Crippen LogP contribution in [0.2, 0.25) is 0 Å². The van der Waals surface area contributed by atoms with E-state index in [2.05, 4.69) is 6.07 Å². The van der Waals surface area contributed by atoms with Crippen LogP contribution >= 0.6 is 0 Å². The van der Waals surface area contributed by atoms with Gasteiger partial charge in [-0.05, 0) is 12.8 Å². The summed E-state index contributed by atoms with van der Waals surface area (Å²) in [6.07, 6.45) is 5.69. The molecule has 4 heteroatoms. The number of nitriles is 1. The van der Waals surface area contributed by atoms with E-state index in [1.807, 2.05) is 12.2 Å². The highest BCUT2D eigenvalue weighted by atomic mass is 16.5. The fourth-order valence-corrected chi connectivity index (χ4v) is 2.03. The van der Waals surface area contributed by atoms with Crippen molar-refractivity contribution >= 4 is 5.91 Å². The van der Waals surface area contributed by atoms with E-state index in [9.17, 15) is 4.79 Å².